The van der Waals surface area contributed by atoms with Crippen LogP contribution in [-0.2, 0) is 6.42 Å². The molecule has 0 saturated carbocycles. The van der Waals surface area contributed by atoms with Crippen molar-refractivity contribution in [2.45, 2.75) is 32.7 Å². The maximum Gasteiger partial charge on any atom is 0.227 e. The molecule has 92 valence electrons. The van der Waals surface area contributed by atoms with Crippen LogP contribution in [0.1, 0.15) is 26.2 Å². The highest BCUT2D eigenvalue weighted by atomic mass is 16.5. The van der Waals surface area contributed by atoms with Crippen molar-refractivity contribution in [1.29, 1.82) is 0 Å². The maximum absolute atomic E-state index is 5.16. The van der Waals surface area contributed by atoms with Gasteiger partial charge in [-0.2, -0.15) is 4.98 Å². The van der Waals surface area contributed by atoms with Crippen LogP contribution in [0.25, 0.3) is 11.4 Å². The fraction of sp³-hybridized carbons (Fsp3) is 0.500. The quantitative estimate of drug-likeness (QED) is 0.778. The Bertz CT molecular complexity index is 434. The highest BCUT2D eigenvalue weighted by Gasteiger charge is 2.08. The van der Waals surface area contributed by atoms with Gasteiger partial charge in [-0.1, -0.05) is 19.0 Å². The first-order valence-electron chi connectivity index (χ1n) is 5.84. The number of aromatic nitrogens is 2. The molecule has 0 atom stereocenters. The molecule has 0 aliphatic rings. The van der Waals surface area contributed by atoms with Gasteiger partial charge >= 0.3 is 0 Å². The van der Waals surface area contributed by atoms with Crippen LogP contribution >= 0.6 is 0 Å². The molecule has 0 spiro atoms. The van der Waals surface area contributed by atoms with Gasteiger partial charge in [-0.15, -0.1) is 0 Å². The van der Waals surface area contributed by atoms with E-state index in [1.807, 2.05) is 6.07 Å². The van der Waals surface area contributed by atoms with Crippen LogP contribution in [0.2, 0.25) is 0 Å². The highest BCUT2D eigenvalue weighted by Crippen LogP contribution is 2.16. The minimum atomic E-state index is 0.513. The fourth-order valence-electron chi connectivity index (χ4n) is 1.50. The molecule has 2 aromatic heterocycles. The standard InChI is InChI=1S/C12H17N3O2/c1-9(2)13-6-3-4-11-14-12(15-17-11)10-5-7-16-8-10/h5,7-9,13H,3-4,6H2,1-2H3. The van der Waals surface area contributed by atoms with Gasteiger partial charge in [0.25, 0.3) is 0 Å². The van der Waals surface area contributed by atoms with Crippen LogP contribution in [0.3, 0.4) is 0 Å². The van der Waals surface area contributed by atoms with Gasteiger partial charge in [-0.25, -0.2) is 0 Å². The summed E-state index contributed by atoms with van der Waals surface area (Å²) in [6, 6.07) is 2.33. The first kappa shape index (κ1) is 11.9. The number of hydrogen-bond acceptors (Lipinski definition) is 5. The van der Waals surface area contributed by atoms with Crippen LogP contribution in [0, 0.1) is 0 Å². The van der Waals surface area contributed by atoms with Gasteiger partial charge in [0, 0.05) is 12.5 Å². The lowest BCUT2D eigenvalue weighted by molar-refractivity contribution is 0.374. The van der Waals surface area contributed by atoms with E-state index in [0.29, 0.717) is 17.8 Å². The number of aryl methyl sites for hydroxylation is 1. The Morgan fingerprint density at radius 3 is 3.00 bits per heavy atom. The van der Waals surface area contributed by atoms with Crippen molar-refractivity contribution < 1.29 is 8.94 Å². The first-order valence-corrected chi connectivity index (χ1v) is 5.84. The Morgan fingerprint density at radius 2 is 2.29 bits per heavy atom. The molecule has 5 heteroatoms. The van der Waals surface area contributed by atoms with Gasteiger partial charge < -0.3 is 14.3 Å². The highest BCUT2D eigenvalue weighted by molar-refractivity contribution is 5.51. The van der Waals surface area contributed by atoms with Crippen molar-refractivity contribution in [1.82, 2.24) is 15.5 Å². The minimum absolute atomic E-state index is 0.513. The van der Waals surface area contributed by atoms with Crippen molar-refractivity contribution in [3.05, 3.63) is 24.5 Å². The van der Waals surface area contributed by atoms with Gasteiger partial charge in [-0.3, -0.25) is 0 Å². The minimum Gasteiger partial charge on any atom is -0.472 e. The van der Waals surface area contributed by atoms with Crippen LogP contribution < -0.4 is 5.32 Å². The third-order valence-corrected chi connectivity index (χ3v) is 2.37. The molecule has 2 rings (SSSR count). The van der Waals surface area contributed by atoms with Gasteiger partial charge in [0.1, 0.15) is 6.26 Å². The largest absolute Gasteiger partial charge is 0.472 e. The average Bonchev–Trinajstić information content (AvgIpc) is 2.94. The summed E-state index contributed by atoms with van der Waals surface area (Å²) in [5.74, 6) is 1.26. The second-order valence-corrected chi connectivity index (χ2v) is 4.24. The van der Waals surface area contributed by atoms with Crippen LogP contribution in [0.5, 0.6) is 0 Å². The van der Waals surface area contributed by atoms with E-state index in [-0.39, 0.29) is 0 Å². The summed E-state index contributed by atoms with van der Waals surface area (Å²) in [4.78, 5) is 4.30. The molecule has 1 N–H and O–H groups in total. The average molecular weight is 235 g/mol. The molecule has 0 unspecified atom stereocenters. The first-order chi connectivity index (χ1) is 8.25. The summed E-state index contributed by atoms with van der Waals surface area (Å²) in [6.07, 6.45) is 4.99. The third kappa shape index (κ3) is 3.42. The topological polar surface area (TPSA) is 64.1 Å². The lowest BCUT2D eigenvalue weighted by Crippen LogP contribution is -2.23. The number of rotatable bonds is 6. The van der Waals surface area contributed by atoms with Crippen molar-refractivity contribution in [3.8, 4) is 11.4 Å². The van der Waals surface area contributed by atoms with E-state index in [2.05, 4.69) is 29.3 Å². The maximum atomic E-state index is 5.16. The Hall–Kier alpha value is -1.62. The van der Waals surface area contributed by atoms with E-state index in [0.717, 1.165) is 24.9 Å². The molecule has 0 radical (unpaired) electrons. The molecule has 0 aromatic carbocycles. The summed E-state index contributed by atoms with van der Waals surface area (Å²) in [7, 11) is 0. The Labute approximate surface area is 100 Å². The van der Waals surface area contributed by atoms with Gasteiger partial charge in [0.2, 0.25) is 11.7 Å². The summed E-state index contributed by atoms with van der Waals surface area (Å²) < 4.78 is 10.1. The molecule has 0 saturated heterocycles. The number of nitrogens with one attached hydrogen (secondary N) is 1. The zero-order valence-corrected chi connectivity index (χ0v) is 10.1. The third-order valence-electron chi connectivity index (χ3n) is 2.37. The number of nitrogens with zero attached hydrogens (tertiary/aromatic N) is 2. The SMILES string of the molecule is CC(C)NCCCc1nc(-c2ccoc2)no1. The lowest BCUT2D eigenvalue weighted by atomic mass is 10.3. The summed E-state index contributed by atoms with van der Waals surface area (Å²) >= 11 is 0. The summed E-state index contributed by atoms with van der Waals surface area (Å²) in [5, 5.41) is 7.25. The van der Waals surface area contributed by atoms with Crippen molar-refractivity contribution in [2.75, 3.05) is 6.54 Å². The van der Waals surface area contributed by atoms with E-state index in [4.69, 9.17) is 8.94 Å². The Morgan fingerprint density at radius 1 is 1.41 bits per heavy atom. The molecule has 17 heavy (non-hydrogen) atoms. The van der Waals surface area contributed by atoms with Crippen molar-refractivity contribution in [2.24, 2.45) is 0 Å². The molecule has 0 aliphatic carbocycles. The molecule has 2 aromatic rings. The zero-order chi connectivity index (χ0) is 12.1. The molecule has 0 fully saturated rings. The van der Waals surface area contributed by atoms with Gasteiger partial charge in [0.05, 0.1) is 11.8 Å². The van der Waals surface area contributed by atoms with E-state index < -0.39 is 0 Å². The van der Waals surface area contributed by atoms with Gasteiger partial charge in [-0.05, 0) is 19.0 Å². The number of hydrogen-bond donors (Lipinski definition) is 1. The Balaban J connectivity index is 1.83. The molecular formula is C12H17N3O2. The van der Waals surface area contributed by atoms with E-state index >= 15 is 0 Å². The molecular weight excluding hydrogens is 218 g/mol. The molecule has 0 aliphatic heterocycles. The normalized spacial score (nSPS) is 11.2. The van der Waals surface area contributed by atoms with Crippen LogP contribution in [0.4, 0.5) is 0 Å². The van der Waals surface area contributed by atoms with Crippen LogP contribution in [0.15, 0.2) is 27.5 Å². The van der Waals surface area contributed by atoms with Gasteiger partial charge in [0.15, 0.2) is 0 Å². The van der Waals surface area contributed by atoms with E-state index in [1.54, 1.807) is 12.5 Å². The van der Waals surface area contributed by atoms with E-state index in [1.165, 1.54) is 0 Å². The summed E-state index contributed by atoms with van der Waals surface area (Å²) in [5.41, 5.74) is 0.848. The molecule has 2 heterocycles. The van der Waals surface area contributed by atoms with Crippen molar-refractivity contribution >= 4 is 0 Å². The Kier molecular flexibility index (Phi) is 3.93. The second kappa shape index (κ2) is 5.63. The molecule has 0 bridgehead atoms. The van der Waals surface area contributed by atoms with E-state index in [9.17, 15) is 0 Å². The fourth-order valence-corrected chi connectivity index (χ4v) is 1.50. The predicted molar refractivity (Wildman–Crippen MR) is 63.5 cm³/mol. The monoisotopic (exact) mass is 235 g/mol. The smallest absolute Gasteiger partial charge is 0.227 e. The zero-order valence-electron chi connectivity index (χ0n) is 10.1. The lowest BCUT2D eigenvalue weighted by Gasteiger charge is -2.05. The summed E-state index contributed by atoms with van der Waals surface area (Å²) in [6.45, 7) is 5.22. The molecule has 0 amide bonds. The van der Waals surface area contributed by atoms with Crippen molar-refractivity contribution in [3.63, 3.8) is 0 Å². The predicted octanol–water partition coefficient (Wildman–Crippen LogP) is 2.26. The molecule has 5 nitrogen and oxygen atoms in total. The second-order valence-electron chi connectivity index (χ2n) is 4.24. The van der Waals surface area contributed by atoms with Crippen LogP contribution in [-0.4, -0.2) is 22.7 Å². The number of furan rings is 1.